The number of nitrogens with zero attached hydrogens (tertiary/aromatic N) is 2. The molecule has 0 aliphatic rings. The Balaban J connectivity index is 2.60. The summed E-state index contributed by atoms with van der Waals surface area (Å²) in [5, 5.41) is 12.7. The molecule has 0 saturated carbocycles. The Morgan fingerprint density at radius 1 is 1.36 bits per heavy atom. The van der Waals surface area contributed by atoms with Crippen molar-refractivity contribution >= 4 is 11.8 Å². The van der Waals surface area contributed by atoms with Gasteiger partial charge in [-0.2, -0.15) is 0 Å². The molecule has 0 aliphatic carbocycles. The molecule has 5 nitrogen and oxygen atoms in total. The van der Waals surface area contributed by atoms with Gasteiger partial charge in [0.05, 0.1) is 5.41 Å². The maximum atomic E-state index is 11.5. The fraction of sp³-hybridized carbons (Fsp3) is 0.647. The minimum Gasteiger partial charge on any atom is -0.481 e. The number of hydrogen-bond donors (Lipinski definition) is 2. The molecule has 0 fully saturated rings. The van der Waals surface area contributed by atoms with Gasteiger partial charge in [0.15, 0.2) is 0 Å². The second-order valence-corrected chi connectivity index (χ2v) is 6.13. The molecule has 0 amide bonds. The lowest BCUT2D eigenvalue weighted by Crippen LogP contribution is -2.40. The number of aromatic nitrogens is 1. The second-order valence-electron chi connectivity index (χ2n) is 6.13. The van der Waals surface area contributed by atoms with Gasteiger partial charge in [-0.15, -0.1) is 0 Å². The highest BCUT2D eigenvalue weighted by Gasteiger charge is 2.34. The third kappa shape index (κ3) is 4.44. The minimum atomic E-state index is -0.725. The fourth-order valence-electron chi connectivity index (χ4n) is 2.32. The van der Waals surface area contributed by atoms with Gasteiger partial charge in [0.25, 0.3) is 0 Å². The van der Waals surface area contributed by atoms with Crippen LogP contribution in [0.25, 0.3) is 0 Å². The Morgan fingerprint density at radius 2 is 2.00 bits per heavy atom. The maximum absolute atomic E-state index is 11.5. The van der Waals surface area contributed by atoms with E-state index in [4.69, 9.17) is 0 Å². The third-order valence-corrected chi connectivity index (χ3v) is 4.54. The van der Waals surface area contributed by atoms with Crippen LogP contribution < -0.4 is 10.2 Å². The standard InChI is InChI=1S/C17H29N3O2/c1-6-17(7-2,16(21)22)12-18-10-14-8-9-15(19-11-14)20(5)13(3)4/h8-9,11,13,18H,6-7,10,12H2,1-5H3,(H,21,22). The number of pyridine rings is 1. The monoisotopic (exact) mass is 307 g/mol. The molecule has 1 aromatic rings. The molecule has 5 heteroatoms. The van der Waals surface area contributed by atoms with E-state index in [1.54, 1.807) is 0 Å². The summed E-state index contributed by atoms with van der Waals surface area (Å²) in [6.07, 6.45) is 3.10. The molecule has 0 radical (unpaired) electrons. The van der Waals surface area contributed by atoms with Gasteiger partial charge in [-0.3, -0.25) is 4.79 Å². The normalized spacial score (nSPS) is 11.7. The molecule has 0 aliphatic heterocycles. The van der Waals surface area contributed by atoms with Crippen molar-refractivity contribution in [3.8, 4) is 0 Å². The number of anilines is 1. The molecule has 0 aromatic carbocycles. The quantitative estimate of drug-likeness (QED) is 0.734. The maximum Gasteiger partial charge on any atom is 0.310 e. The van der Waals surface area contributed by atoms with E-state index in [1.165, 1.54) is 0 Å². The van der Waals surface area contributed by atoms with E-state index in [-0.39, 0.29) is 0 Å². The van der Waals surface area contributed by atoms with Gasteiger partial charge >= 0.3 is 5.97 Å². The lowest BCUT2D eigenvalue weighted by atomic mass is 9.82. The Morgan fingerprint density at radius 3 is 2.41 bits per heavy atom. The first-order chi connectivity index (χ1) is 10.4. The summed E-state index contributed by atoms with van der Waals surface area (Å²) >= 11 is 0. The van der Waals surface area contributed by atoms with Crippen molar-refractivity contribution in [3.63, 3.8) is 0 Å². The van der Waals surface area contributed by atoms with Crippen molar-refractivity contribution in [1.82, 2.24) is 10.3 Å². The first-order valence-electron chi connectivity index (χ1n) is 7.98. The molecule has 0 saturated heterocycles. The number of nitrogens with one attached hydrogen (secondary N) is 1. The number of hydrogen-bond acceptors (Lipinski definition) is 4. The number of carboxylic acid groups (broad SMARTS) is 1. The summed E-state index contributed by atoms with van der Waals surface area (Å²) in [5.41, 5.74) is 0.387. The summed E-state index contributed by atoms with van der Waals surface area (Å²) in [5.74, 6) is 0.220. The van der Waals surface area contributed by atoms with E-state index in [0.717, 1.165) is 11.4 Å². The number of carbonyl (C=O) groups is 1. The summed E-state index contributed by atoms with van der Waals surface area (Å²) < 4.78 is 0. The topological polar surface area (TPSA) is 65.5 Å². The van der Waals surface area contributed by atoms with Gasteiger partial charge in [0, 0.05) is 32.4 Å². The van der Waals surface area contributed by atoms with Crippen LogP contribution >= 0.6 is 0 Å². The molecule has 1 rings (SSSR count). The van der Waals surface area contributed by atoms with Gasteiger partial charge in [0.2, 0.25) is 0 Å². The summed E-state index contributed by atoms with van der Waals surface area (Å²) in [6.45, 7) is 9.21. The van der Waals surface area contributed by atoms with Crippen molar-refractivity contribution in [2.45, 2.75) is 53.1 Å². The van der Waals surface area contributed by atoms with Gasteiger partial charge in [-0.25, -0.2) is 4.98 Å². The lowest BCUT2D eigenvalue weighted by Gasteiger charge is -2.27. The van der Waals surface area contributed by atoms with Crippen LogP contribution in [0.1, 0.15) is 46.1 Å². The van der Waals surface area contributed by atoms with Gasteiger partial charge in [0.1, 0.15) is 5.82 Å². The number of carboxylic acids is 1. The average Bonchev–Trinajstić information content (AvgIpc) is 2.51. The summed E-state index contributed by atoms with van der Waals surface area (Å²) in [7, 11) is 2.02. The molecule has 22 heavy (non-hydrogen) atoms. The molecule has 2 N–H and O–H groups in total. The molecule has 124 valence electrons. The van der Waals surface area contributed by atoms with Crippen molar-refractivity contribution in [3.05, 3.63) is 23.9 Å². The first kappa shape index (κ1) is 18.4. The SMILES string of the molecule is CCC(CC)(CNCc1ccc(N(C)C(C)C)nc1)C(=O)O. The predicted molar refractivity (Wildman–Crippen MR) is 90.1 cm³/mol. The first-order valence-corrected chi connectivity index (χ1v) is 7.98. The molecule has 0 atom stereocenters. The zero-order valence-electron chi connectivity index (χ0n) is 14.4. The van der Waals surface area contributed by atoms with Crippen LogP contribution in [0.2, 0.25) is 0 Å². The van der Waals surface area contributed by atoms with Crippen LogP contribution in [-0.2, 0) is 11.3 Å². The molecular formula is C17H29N3O2. The fourth-order valence-corrected chi connectivity index (χ4v) is 2.32. The second kappa shape index (κ2) is 8.13. The number of rotatable bonds is 9. The van der Waals surface area contributed by atoms with Crippen LogP contribution in [0.4, 0.5) is 5.82 Å². The minimum absolute atomic E-state index is 0.404. The van der Waals surface area contributed by atoms with E-state index >= 15 is 0 Å². The Labute approximate surface area is 133 Å². The van der Waals surface area contributed by atoms with E-state index in [2.05, 4.69) is 29.0 Å². The van der Waals surface area contributed by atoms with Crippen LogP contribution in [0.15, 0.2) is 18.3 Å². The van der Waals surface area contributed by atoms with Gasteiger partial charge in [-0.05, 0) is 38.3 Å². The Hall–Kier alpha value is -1.62. The molecule has 0 unspecified atom stereocenters. The molecule has 0 spiro atoms. The average molecular weight is 307 g/mol. The largest absolute Gasteiger partial charge is 0.481 e. The Bertz CT molecular complexity index is 467. The molecule has 1 aromatic heterocycles. The summed E-state index contributed by atoms with van der Waals surface area (Å²) in [4.78, 5) is 18.0. The third-order valence-electron chi connectivity index (χ3n) is 4.54. The Kier molecular flexibility index (Phi) is 6.81. The van der Waals surface area contributed by atoms with Crippen molar-refractivity contribution in [2.75, 3.05) is 18.5 Å². The van der Waals surface area contributed by atoms with Crippen LogP contribution in [-0.4, -0.2) is 35.7 Å². The lowest BCUT2D eigenvalue weighted by molar-refractivity contribution is -0.149. The molecule has 1 heterocycles. The number of aliphatic carboxylic acids is 1. The summed E-state index contributed by atoms with van der Waals surface area (Å²) in [6, 6.07) is 4.44. The van der Waals surface area contributed by atoms with Crippen molar-refractivity contribution in [1.29, 1.82) is 0 Å². The van der Waals surface area contributed by atoms with Crippen LogP contribution in [0, 0.1) is 5.41 Å². The highest BCUT2D eigenvalue weighted by Crippen LogP contribution is 2.25. The van der Waals surface area contributed by atoms with Crippen molar-refractivity contribution < 1.29 is 9.90 Å². The zero-order valence-corrected chi connectivity index (χ0v) is 14.4. The van der Waals surface area contributed by atoms with Crippen molar-refractivity contribution in [2.24, 2.45) is 5.41 Å². The zero-order chi connectivity index (χ0) is 16.8. The van der Waals surface area contributed by atoms with Gasteiger partial charge < -0.3 is 15.3 Å². The van der Waals surface area contributed by atoms with Crippen LogP contribution in [0.3, 0.4) is 0 Å². The molecular weight excluding hydrogens is 278 g/mol. The highest BCUT2D eigenvalue weighted by atomic mass is 16.4. The highest BCUT2D eigenvalue weighted by molar-refractivity contribution is 5.74. The van der Waals surface area contributed by atoms with E-state index < -0.39 is 11.4 Å². The predicted octanol–water partition coefficient (Wildman–Crippen LogP) is 2.91. The van der Waals surface area contributed by atoms with E-state index in [0.29, 0.717) is 32.0 Å². The van der Waals surface area contributed by atoms with E-state index in [1.807, 2.05) is 39.2 Å². The van der Waals surface area contributed by atoms with E-state index in [9.17, 15) is 9.90 Å². The molecule has 0 bridgehead atoms. The van der Waals surface area contributed by atoms with Crippen LogP contribution in [0.5, 0.6) is 0 Å². The smallest absolute Gasteiger partial charge is 0.310 e. The van der Waals surface area contributed by atoms with Gasteiger partial charge in [-0.1, -0.05) is 19.9 Å².